The highest BCUT2D eigenvalue weighted by Gasteiger charge is 2.30. The van der Waals surface area contributed by atoms with Crippen LogP contribution in [0.3, 0.4) is 0 Å². The first kappa shape index (κ1) is 18.9. The minimum absolute atomic E-state index is 0.0185. The largest absolute Gasteiger partial charge is 0.310 e. The van der Waals surface area contributed by atoms with Gasteiger partial charge in [0.1, 0.15) is 5.82 Å². The molecule has 0 spiro atoms. The van der Waals surface area contributed by atoms with Crippen LogP contribution >= 0.6 is 11.3 Å². The normalized spacial score (nSPS) is 13.8. The van der Waals surface area contributed by atoms with Gasteiger partial charge in [-0.15, -0.1) is 11.3 Å². The summed E-state index contributed by atoms with van der Waals surface area (Å²) in [5.41, 5.74) is 2.61. The van der Waals surface area contributed by atoms with E-state index in [1.54, 1.807) is 17.5 Å². The maximum atomic E-state index is 12.7. The van der Waals surface area contributed by atoms with Crippen molar-refractivity contribution in [3.8, 4) is 0 Å². The molecule has 1 aromatic carbocycles. The van der Waals surface area contributed by atoms with Crippen molar-refractivity contribution in [2.24, 2.45) is 0 Å². The van der Waals surface area contributed by atoms with Crippen molar-refractivity contribution in [1.29, 1.82) is 0 Å². The zero-order chi connectivity index (χ0) is 19.3. The van der Waals surface area contributed by atoms with Gasteiger partial charge in [0, 0.05) is 23.5 Å². The first-order chi connectivity index (χ1) is 13.7. The highest BCUT2D eigenvalue weighted by molar-refractivity contribution is 7.09. The number of amides is 1. The molecule has 1 saturated carbocycles. The smallest absolute Gasteiger partial charge is 0.239 e. The standard InChI is InChI=1S/C22H26N4OS/c1-2-17-5-7-18(8-6-17)14-25(19-9-10-19)16-22(27)24-21-11-12-23-26(21)15-20-4-3-13-28-20/h3-8,11-13,19H,2,9-10,14-16H2,1H3,(H,24,27). The summed E-state index contributed by atoms with van der Waals surface area (Å²) >= 11 is 1.69. The fourth-order valence-electron chi connectivity index (χ4n) is 3.35. The zero-order valence-corrected chi connectivity index (χ0v) is 17.0. The van der Waals surface area contributed by atoms with Gasteiger partial charge in [-0.3, -0.25) is 9.69 Å². The average molecular weight is 395 g/mol. The van der Waals surface area contributed by atoms with Crippen molar-refractivity contribution in [3.63, 3.8) is 0 Å². The van der Waals surface area contributed by atoms with Gasteiger partial charge in [0.25, 0.3) is 0 Å². The zero-order valence-electron chi connectivity index (χ0n) is 16.2. The fourth-order valence-corrected chi connectivity index (χ4v) is 4.04. The van der Waals surface area contributed by atoms with Crippen LogP contribution in [0.15, 0.2) is 54.0 Å². The van der Waals surface area contributed by atoms with E-state index >= 15 is 0 Å². The van der Waals surface area contributed by atoms with Gasteiger partial charge < -0.3 is 5.32 Å². The molecule has 3 aromatic rings. The van der Waals surface area contributed by atoms with Crippen molar-refractivity contribution in [2.75, 3.05) is 11.9 Å². The molecule has 146 valence electrons. The van der Waals surface area contributed by atoms with Crippen molar-refractivity contribution in [3.05, 3.63) is 70.0 Å². The van der Waals surface area contributed by atoms with Gasteiger partial charge >= 0.3 is 0 Å². The Labute approximate surface area is 170 Å². The Kier molecular flexibility index (Phi) is 5.88. The lowest BCUT2D eigenvalue weighted by Gasteiger charge is -2.21. The molecule has 0 aliphatic heterocycles. The van der Waals surface area contributed by atoms with Crippen LogP contribution < -0.4 is 5.32 Å². The molecule has 1 amide bonds. The van der Waals surface area contributed by atoms with Gasteiger partial charge in [-0.05, 0) is 41.8 Å². The van der Waals surface area contributed by atoms with Gasteiger partial charge in [0.15, 0.2) is 0 Å². The third kappa shape index (κ3) is 4.88. The van der Waals surface area contributed by atoms with E-state index in [-0.39, 0.29) is 5.91 Å². The van der Waals surface area contributed by atoms with E-state index < -0.39 is 0 Å². The van der Waals surface area contributed by atoms with Crippen LogP contribution in [0.2, 0.25) is 0 Å². The number of hydrogen-bond donors (Lipinski definition) is 1. The maximum Gasteiger partial charge on any atom is 0.239 e. The Hall–Kier alpha value is -2.44. The Morgan fingerprint density at radius 2 is 2.00 bits per heavy atom. The molecule has 5 nitrogen and oxygen atoms in total. The number of rotatable bonds is 9. The second kappa shape index (κ2) is 8.71. The van der Waals surface area contributed by atoms with E-state index in [0.29, 0.717) is 19.1 Å². The summed E-state index contributed by atoms with van der Waals surface area (Å²) in [5.74, 6) is 0.770. The predicted molar refractivity (Wildman–Crippen MR) is 114 cm³/mol. The van der Waals surface area contributed by atoms with Crippen molar-refractivity contribution < 1.29 is 4.79 Å². The number of aryl methyl sites for hydroxylation is 1. The summed E-state index contributed by atoms with van der Waals surface area (Å²) in [6.07, 6.45) is 5.14. The number of nitrogens with one attached hydrogen (secondary N) is 1. The van der Waals surface area contributed by atoms with E-state index in [9.17, 15) is 4.79 Å². The quantitative estimate of drug-likeness (QED) is 0.593. The lowest BCUT2D eigenvalue weighted by molar-refractivity contribution is -0.117. The van der Waals surface area contributed by atoms with Crippen LogP contribution in [0, 0.1) is 0 Å². The Morgan fingerprint density at radius 3 is 2.68 bits per heavy atom. The van der Waals surface area contributed by atoms with E-state index in [4.69, 9.17) is 0 Å². The summed E-state index contributed by atoms with van der Waals surface area (Å²) in [6, 6.07) is 15.2. The number of benzene rings is 1. The molecule has 1 aliphatic rings. The third-order valence-electron chi connectivity index (χ3n) is 5.10. The molecular formula is C22H26N4OS. The number of carbonyl (C=O) groups is 1. The predicted octanol–water partition coefficient (Wildman–Crippen LogP) is 4.16. The molecule has 0 unspecified atom stereocenters. The molecule has 2 heterocycles. The molecule has 0 saturated heterocycles. The first-order valence-electron chi connectivity index (χ1n) is 9.87. The van der Waals surface area contributed by atoms with E-state index in [2.05, 4.69) is 58.0 Å². The third-order valence-corrected chi connectivity index (χ3v) is 5.96. The Bertz CT molecular complexity index is 897. The summed E-state index contributed by atoms with van der Waals surface area (Å²) in [5, 5.41) is 9.45. The number of nitrogens with zero attached hydrogens (tertiary/aromatic N) is 3. The van der Waals surface area contributed by atoms with Gasteiger partial charge in [0.05, 0.1) is 19.3 Å². The summed E-state index contributed by atoms with van der Waals surface area (Å²) in [4.78, 5) is 16.2. The number of thiophene rings is 1. The molecule has 0 radical (unpaired) electrons. The summed E-state index contributed by atoms with van der Waals surface area (Å²) in [6.45, 7) is 4.07. The number of hydrogen-bond acceptors (Lipinski definition) is 4. The molecule has 0 atom stereocenters. The van der Waals surface area contributed by atoms with E-state index in [0.717, 1.165) is 18.8 Å². The Balaban J connectivity index is 1.37. The highest BCUT2D eigenvalue weighted by Crippen LogP contribution is 2.28. The lowest BCUT2D eigenvalue weighted by atomic mass is 10.1. The van der Waals surface area contributed by atoms with Crippen LogP contribution in [-0.4, -0.2) is 33.2 Å². The first-order valence-corrected chi connectivity index (χ1v) is 10.7. The lowest BCUT2D eigenvalue weighted by Crippen LogP contribution is -2.35. The van der Waals surface area contributed by atoms with Crippen LogP contribution in [0.5, 0.6) is 0 Å². The van der Waals surface area contributed by atoms with Crippen molar-refractivity contribution in [1.82, 2.24) is 14.7 Å². The second-order valence-corrected chi connectivity index (χ2v) is 8.34. The molecule has 6 heteroatoms. The molecule has 1 aliphatic carbocycles. The van der Waals surface area contributed by atoms with Gasteiger partial charge in [-0.2, -0.15) is 5.10 Å². The average Bonchev–Trinajstić information content (AvgIpc) is 3.27. The van der Waals surface area contributed by atoms with Crippen LogP contribution in [0.25, 0.3) is 0 Å². The van der Waals surface area contributed by atoms with Gasteiger partial charge in [-0.25, -0.2) is 4.68 Å². The minimum Gasteiger partial charge on any atom is -0.310 e. The second-order valence-electron chi connectivity index (χ2n) is 7.31. The summed E-state index contributed by atoms with van der Waals surface area (Å²) < 4.78 is 1.84. The minimum atomic E-state index is 0.0185. The topological polar surface area (TPSA) is 50.2 Å². The molecule has 1 fully saturated rings. The number of aromatic nitrogens is 2. The monoisotopic (exact) mass is 394 g/mol. The van der Waals surface area contributed by atoms with Gasteiger partial charge in [0.2, 0.25) is 5.91 Å². The van der Waals surface area contributed by atoms with E-state index in [1.807, 2.05) is 16.8 Å². The Morgan fingerprint density at radius 1 is 1.21 bits per heavy atom. The maximum absolute atomic E-state index is 12.7. The highest BCUT2D eigenvalue weighted by atomic mass is 32.1. The summed E-state index contributed by atoms with van der Waals surface area (Å²) in [7, 11) is 0. The SMILES string of the molecule is CCc1ccc(CN(CC(=O)Nc2ccnn2Cc2cccs2)C2CC2)cc1. The van der Waals surface area contributed by atoms with E-state index in [1.165, 1.54) is 28.8 Å². The number of carbonyl (C=O) groups excluding carboxylic acids is 1. The van der Waals surface area contributed by atoms with Crippen LogP contribution in [-0.2, 0) is 24.3 Å². The van der Waals surface area contributed by atoms with Crippen molar-refractivity contribution >= 4 is 23.1 Å². The molecule has 4 rings (SSSR count). The van der Waals surface area contributed by atoms with Crippen LogP contribution in [0.1, 0.15) is 35.8 Å². The molecular weight excluding hydrogens is 368 g/mol. The fraction of sp³-hybridized carbons (Fsp3) is 0.364. The van der Waals surface area contributed by atoms with Crippen LogP contribution in [0.4, 0.5) is 5.82 Å². The van der Waals surface area contributed by atoms with Gasteiger partial charge in [-0.1, -0.05) is 37.3 Å². The molecule has 1 N–H and O–H groups in total. The molecule has 28 heavy (non-hydrogen) atoms. The molecule has 2 aromatic heterocycles. The number of anilines is 1. The van der Waals surface area contributed by atoms with Crippen molar-refractivity contribution in [2.45, 2.75) is 45.3 Å². The molecule has 0 bridgehead atoms.